The Morgan fingerprint density at radius 2 is 2.23 bits per heavy atom. The molecule has 1 N–H and O–H groups in total. The largest absolute Gasteiger partial charge is 0.469 e. The Hall–Kier alpha value is -1.11. The molecular weight excluding hydrogens is 205 g/mol. The van der Waals surface area contributed by atoms with E-state index >= 15 is 0 Å². The minimum absolute atomic E-state index is 0.0441. The molecule has 1 rings (SSSR count). The number of halogens is 3. The summed E-state index contributed by atoms with van der Waals surface area (Å²) in [7, 11) is 0. The number of ether oxygens (including phenoxy) is 1. The zero-order valence-electron chi connectivity index (χ0n) is 6.26. The molecule has 13 heavy (non-hydrogen) atoms. The molecule has 72 valence electrons. The molecule has 0 aliphatic heterocycles. The second-order valence-electron chi connectivity index (χ2n) is 2.15. The number of aromatic nitrogens is 2. The van der Waals surface area contributed by atoms with Crippen LogP contribution in [0.4, 0.5) is 13.2 Å². The van der Waals surface area contributed by atoms with Gasteiger partial charge in [0.05, 0.1) is 6.33 Å². The fourth-order valence-electron chi connectivity index (χ4n) is 0.594. The molecule has 0 radical (unpaired) electrons. The number of nitrogens with zero attached hydrogens (tertiary/aromatic N) is 1. The van der Waals surface area contributed by atoms with Crippen LogP contribution in [0.3, 0.4) is 0 Å². The predicted molar refractivity (Wildman–Crippen MR) is 41.0 cm³/mol. The van der Waals surface area contributed by atoms with Crippen molar-refractivity contribution in [2.45, 2.75) is 6.18 Å². The van der Waals surface area contributed by atoms with E-state index in [1.54, 1.807) is 0 Å². The fourth-order valence-corrected chi connectivity index (χ4v) is 0.753. The van der Waals surface area contributed by atoms with Crippen molar-refractivity contribution in [3.05, 3.63) is 17.0 Å². The van der Waals surface area contributed by atoms with Gasteiger partial charge < -0.3 is 9.72 Å². The van der Waals surface area contributed by atoms with Gasteiger partial charge in [0.1, 0.15) is 4.64 Å². The lowest BCUT2D eigenvalue weighted by Gasteiger charge is -2.07. The van der Waals surface area contributed by atoms with Crippen LogP contribution in [-0.2, 0) is 0 Å². The van der Waals surface area contributed by atoms with Crippen LogP contribution in [0.1, 0.15) is 0 Å². The molecule has 0 spiro atoms. The van der Waals surface area contributed by atoms with Crippen molar-refractivity contribution in [3.8, 4) is 5.88 Å². The lowest BCUT2D eigenvalue weighted by Crippen LogP contribution is -2.19. The minimum atomic E-state index is -4.35. The van der Waals surface area contributed by atoms with Gasteiger partial charge in [-0.2, -0.15) is 13.2 Å². The number of aromatic amines is 1. The summed E-state index contributed by atoms with van der Waals surface area (Å²) in [6.07, 6.45) is -3.17. The van der Waals surface area contributed by atoms with E-state index in [4.69, 9.17) is 0 Å². The van der Waals surface area contributed by atoms with Gasteiger partial charge in [-0.05, 0) is 0 Å². The molecule has 1 aromatic heterocycles. The molecular formula is C6H5F3N2OS. The third-order valence-electron chi connectivity index (χ3n) is 1.04. The monoisotopic (exact) mass is 210 g/mol. The van der Waals surface area contributed by atoms with Crippen molar-refractivity contribution in [1.29, 1.82) is 0 Å². The van der Waals surface area contributed by atoms with Crippen LogP contribution >= 0.6 is 12.2 Å². The van der Waals surface area contributed by atoms with Crippen molar-refractivity contribution in [3.63, 3.8) is 0 Å². The molecule has 0 fully saturated rings. The van der Waals surface area contributed by atoms with E-state index in [0.717, 1.165) is 0 Å². The molecule has 0 aliphatic carbocycles. The molecule has 3 nitrogen and oxygen atoms in total. The third kappa shape index (κ3) is 3.88. The SMILES string of the molecule is FC(F)(F)COc1cc(=S)nc[nH]1. The average molecular weight is 210 g/mol. The summed E-state index contributed by atoms with van der Waals surface area (Å²) in [6.45, 7) is -1.34. The molecule has 0 amide bonds. The second-order valence-corrected chi connectivity index (χ2v) is 2.57. The average Bonchev–Trinajstić information content (AvgIpc) is 2.00. The zero-order valence-corrected chi connectivity index (χ0v) is 7.08. The maximum atomic E-state index is 11.7. The van der Waals surface area contributed by atoms with Crippen molar-refractivity contribution in [2.24, 2.45) is 0 Å². The summed E-state index contributed by atoms with van der Waals surface area (Å²) in [4.78, 5) is 5.96. The van der Waals surface area contributed by atoms with Gasteiger partial charge in [0, 0.05) is 6.07 Å². The van der Waals surface area contributed by atoms with E-state index in [9.17, 15) is 13.2 Å². The Morgan fingerprint density at radius 3 is 2.77 bits per heavy atom. The number of hydrogen-bond acceptors (Lipinski definition) is 3. The normalized spacial score (nSPS) is 11.3. The first-order valence-electron chi connectivity index (χ1n) is 3.22. The minimum Gasteiger partial charge on any atom is -0.469 e. The van der Waals surface area contributed by atoms with Crippen LogP contribution in [0.2, 0.25) is 0 Å². The quantitative estimate of drug-likeness (QED) is 0.759. The lowest BCUT2D eigenvalue weighted by atomic mass is 10.6. The van der Waals surface area contributed by atoms with Crippen LogP contribution in [0.25, 0.3) is 0 Å². The Labute approximate surface area is 76.6 Å². The predicted octanol–water partition coefficient (Wildman–Crippen LogP) is 2.08. The lowest BCUT2D eigenvalue weighted by molar-refractivity contribution is -0.154. The standard InChI is InChI=1S/C6H5F3N2OS/c7-6(8,9)2-12-4-1-5(13)11-3-10-4/h1,3H,2H2,(H,10,11,13). The summed E-state index contributed by atoms with van der Waals surface area (Å²) >= 11 is 4.61. The van der Waals surface area contributed by atoms with E-state index in [2.05, 4.69) is 26.9 Å². The highest BCUT2D eigenvalue weighted by Gasteiger charge is 2.28. The number of rotatable bonds is 2. The third-order valence-corrected chi connectivity index (χ3v) is 1.27. The van der Waals surface area contributed by atoms with Crippen LogP contribution in [-0.4, -0.2) is 22.8 Å². The van der Waals surface area contributed by atoms with Crippen LogP contribution in [0.15, 0.2) is 12.4 Å². The Morgan fingerprint density at radius 1 is 1.54 bits per heavy atom. The summed E-state index contributed by atoms with van der Waals surface area (Å²) in [5, 5.41) is 0. The maximum absolute atomic E-state index is 11.7. The maximum Gasteiger partial charge on any atom is 0.422 e. The molecule has 0 bridgehead atoms. The number of H-pyrrole nitrogens is 1. The van der Waals surface area contributed by atoms with E-state index < -0.39 is 12.8 Å². The highest BCUT2D eigenvalue weighted by atomic mass is 32.1. The molecule has 1 aromatic rings. The van der Waals surface area contributed by atoms with E-state index in [-0.39, 0.29) is 10.5 Å². The highest BCUT2D eigenvalue weighted by Crippen LogP contribution is 2.16. The Kier molecular flexibility index (Phi) is 2.86. The first-order valence-corrected chi connectivity index (χ1v) is 3.62. The van der Waals surface area contributed by atoms with Crippen molar-refractivity contribution >= 4 is 12.2 Å². The van der Waals surface area contributed by atoms with Gasteiger partial charge in [0.2, 0.25) is 0 Å². The number of alkyl halides is 3. The van der Waals surface area contributed by atoms with E-state index in [0.29, 0.717) is 0 Å². The zero-order chi connectivity index (χ0) is 9.90. The summed E-state index contributed by atoms with van der Waals surface area (Å²) in [5.41, 5.74) is 0. The van der Waals surface area contributed by atoms with Gasteiger partial charge >= 0.3 is 6.18 Å². The van der Waals surface area contributed by atoms with Crippen molar-refractivity contribution in [1.82, 2.24) is 9.97 Å². The highest BCUT2D eigenvalue weighted by molar-refractivity contribution is 7.71. The Bertz CT molecular complexity index is 335. The summed E-state index contributed by atoms with van der Waals surface area (Å²) in [5.74, 6) is -0.0441. The fraction of sp³-hybridized carbons (Fsp3) is 0.333. The molecule has 7 heteroatoms. The van der Waals surface area contributed by atoms with Gasteiger partial charge in [-0.15, -0.1) is 0 Å². The summed E-state index contributed by atoms with van der Waals surface area (Å²) < 4.78 is 39.5. The molecule has 0 unspecified atom stereocenters. The van der Waals surface area contributed by atoms with Gasteiger partial charge in [0.25, 0.3) is 0 Å². The van der Waals surface area contributed by atoms with Gasteiger partial charge in [-0.25, -0.2) is 4.98 Å². The molecule has 0 aliphatic rings. The summed E-state index contributed by atoms with van der Waals surface area (Å²) in [6, 6.07) is 1.21. The molecule has 1 heterocycles. The Balaban J connectivity index is 2.60. The first kappa shape index (κ1) is 9.97. The topological polar surface area (TPSA) is 37.9 Å². The molecule has 0 aromatic carbocycles. The van der Waals surface area contributed by atoms with Crippen LogP contribution in [0.5, 0.6) is 5.88 Å². The smallest absolute Gasteiger partial charge is 0.422 e. The van der Waals surface area contributed by atoms with Gasteiger partial charge in [0.15, 0.2) is 12.5 Å². The molecule has 0 saturated carbocycles. The van der Waals surface area contributed by atoms with Crippen molar-refractivity contribution < 1.29 is 17.9 Å². The van der Waals surface area contributed by atoms with Crippen LogP contribution in [0, 0.1) is 4.64 Å². The van der Waals surface area contributed by atoms with E-state index in [1.807, 2.05) is 0 Å². The number of nitrogens with one attached hydrogen (secondary N) is 1. The van der Waals surface area contributed by atoms with Gasteiger partial charge in [-0.1, -0.05) is 12.2 Å². The molecule has 0 atom stereocenters. The second kappa shape index (κ2) is 3.73. The van der Waals surface area contributed by atoms with E-state index in [1.165, 1.54) is 12.4 Å². The number of hydrogen-bond donors (Lipinski definition) is 1. The van der Waals surface area contributed by atoms with Crippen molar-refractivity contribution in [2.75, 3.05) is 6.61 Å². The van der Waals surface area contributed by atoms with Crippen LogP contribution < -0.4 is 4.74 Å². The molecule has 0 saturated heterocycles. The first-order chi connectivity index (χ1) is 5.97. The van der Waals surface area contributed by atoms with Gasteiger partial charge in [-0.3, -0.25) is 0 Å².